The lowest BCUT2D eigenvalue weighted by molar-refractivity contribution is -0.232. The minimum Gasteiger partial charge on any atom is -0.377 e. The van der Waals surface area contributed by atoms with Gasteiger partial charge in [0.1, 0.15) is 18.7 Å². The molecule has 0 radical (unpaired) electrons. The number of carbonyl (C=O) groups is 1. The summed E-state index contributed by atoms with van der Waals surface area (Å²) in [7, 11) is 0. The number of piperidine rings is 1. The number of hydrogen-bond acceptors (Lipinski definition) is 14. The van der Waals surface area contributed by atoms with E-state index in [0.29, 0.717) is 38.5 Å². The third kappa shape index (κ3) is 7.60. The zero-order chi connectivity index (χ0) is 31.5. The summed E-state index contributed by atoms with van der Waals surface area (Å²) in [5.41, 5.74) is 5.65. The molecule has 43 heavy (non-hydrogen) atoms. The highest BCUT2D eigenvalue weighted by molar-refractivity contribution is 14.1. The number of fused-ring (bicyclic) bond motifs is 1. The predicted octanol–water partition coefficient (Wildman–Crippen LogP) is -3.57. The van der Waals surface area contributed by atoms with Crippen LogP contribution in [0.5, 0.6) is 0 Å². The number of aliphatic hydroxyl groups is 5. The molecule has 4 saturated heterocycles. The van der Waals surface area contributed by atoms with Crippen molar-refractivity contribution in [2.45, 2.75) is 98.3 Å². The first-order chi connectivity index (χ1) is 20.4. The van der Waals surface area contributed by atoms with Gasteiger partial charge in [-0.25, -0.2) is 3.53 Å². The van der Waals surface area contributed by atoms with E-state index >= 15 is 0 Å². The summed E-state index contributed by atoms with van der Waals surface area (Å²) in [5.74, 6) is 0.460. The second kappa shape index (κ2) is 15.4. The Labute approximate surface area is 271 Å². The van der Waals surface area contributed by atoms with E-state index in [9.17, 15) is 30.3 Å². The van der Waals surface area contributed by atoms with Crippen molar-refractivity contribution in [3.63, 3.8) is 0 Å². The minimum atomic E-state index is -1.68. The molecular formula is C26H50IN9O6S. The molecule has 17 heteroatoms. The van der Waals surface area contributed by atoms with Crippen LogP contribution in [0.25, 0.3) is 0 Å². The number of hydrogen-bond donors (Lipinski definition) is 12. The van der Waals surface area contributed by atoms with Crippen LogP contribution < -0.4 is 30.5 Å². The third-order valence-electron chi connectivity index (χ3n) is 9.73. The topological polar surface area (TPSA) is 235 Å². The number of thioether (sulfide) groups is 1. The van der Waals surface area contributed by atoms with Crippen molar-refractivity contribution in [1.29, 1.82) is 5.41 Å². The second-order valence-corrected chi connectivity index (χ2v) is 14.6. The van der Waals surface area contributed by atoms with Gasteiger partial charge in [-0.2, -0.15) is 11.8 Å². The number of carbonyl (C=O) groups excluding carboxylic acids is 1. The Morgan fingerprint density at radius 1 is 1.23 bits per heavy atom. The molecule has 4 aliphatic rings. The quantitative estimate of drug-likeness (QED) is 0.0256. The van der Waals surface area contributed by atoms with Crippen LogP contribution in [0.3, 0.4) is 0 Å². The molecule has 4 rings (SSSR count). The fourth-order valence-electron chi connectivity index (χ4n) is 7.40. The summed E-state index contributed by atoms with van der Waals surface area (Å²) in [6.07, 6.45) is -0.954. The van der Waals surface area contributed by atoms with E-state index in [0.717, 1.165) is 25.7 Å². The smallest absolute Gasteiger partial charge is 0.239 e. The van der Waals surface area contributed by atoms with Crippen molar-refractivity contribution < 1.29 is 30.3 Å². The van der Waals surface area contributed by atoms with Gasteiger partial charge in [-0.05, 0) is 44.6 Å². The molecule has 4 fully saturated rings. The lowest BCUT2D eigenvalue weighted by Crippen LogP contribution is -2.86. The number of likely N-dealkylation sites (tertiary alicyclic amines) is 1. The molecule has 11 atom stereocenters. The lowest BCUT2D eigenvalue weighted by Gasteiger charge is -2.61. The van der Waals surface area contributed by atoms with Crippen LogP contribution >= 0.6 is 34.6 Å². The van der Waals surface area contributed by atoms with Gasteiger partial charge in [0.05, 0.1) is 30.5 Å². The van der Waals surface area contributed by atoms with Crippen LogP contribution in [0, 0.1) is 17.2 Å². The highest BCUT2D eigenvalue weighted by Gasteiger charge is 2.71. The molecule has 0 aromatic heterocycles. The summed E-state index contributed by atoms with van der Waals surface area (Å²) in [4.78, 5) is 17.0. The number of nitrogens with one attached hydrogen (secondary N) is 6. The van der Waals surface area contributed by atoms with Crippen molar-refractivity contribution in [1.82, 2.24) is 34.6 Å². The summed E-state index contributed by atoms with van der Waals surface area (Å²) in [6, 6.07) is -1.89. The van der Waals surface area contributed by atoms with Crippen molar-refractivity contribution in [3.05, 3.63) is 0 Å². The molecule has 0 saturated carbocycles. The molecule has 15 nitrogen and oxygen atoms in total. The van der Waals surface area contributed by atoms with E-state index in [1.54, 1.807) is 23.6 Å². The molecule has 4 heterocycles. The molecule has 0 aromatic rings. The maximum atomic E-state index is 13.4. The Hall–Kier alpha value is -0.420. The van der Waals surface area contributed by atoms with E-state index in [-0.39, 0.29) is 41.0 Å². The highest BCUT2D eigenvalue weighted by Crippen LogP contribution is 2.53. The number of rotatable bonds is 15. The van der Waals surface area contributed by atoms with Gasteiger partial charge in [-0.3, -0.25) is 20.4 Å². The van der Waals surface area contributed by atoms with Crippen LogP contribution in [-0.2, 0) is 4.79 Å². The van der Waals surface area contributed by atoms with Crippen molar-refractivity contribution >= 4 is 46.9 Å². The molecule has 4 aliphatic heterocycles. The Morgan fingerprint density at radius 2 is 1.93 bits per heavy atom. The van der Waals surface area contributed by atoms with Crippen LogP contribution in [-0.4, -0.2) is 152 Å². The molecule has 248 valence electrons. The van der Waals surface area contributed by atoms with Gasteiger partial charge >= 0.3 is 0 Å². The van der Waals surface area contributed by atoms with Gasteiger partial charge in [0.2, 0.25) is 5.91 Å². The first kappa shape index (κ1) is 35.4. The van der Waals surface area contributed by atoms with Crippen molar-refractivity contribution in [2.75, 3.05) is 39.3 Å². The standard InChI is InChI=1S/C26H50IN9O6S/c1-13-21(20(24(40)41)36-22(13)26(29,25(36)42)14(2)33-18(37)10-31-12-28)43-16-7-17(32-9-16)23(39)35-5-3-15(4-6-35)8-30-11-19(38)34-27/h12-22,24-25,30,32-34,37-38,40-42H,3-11,29H2,1-2H3,(H2,28,31)/t13?,14-,16?,17?,18?,19?,20?,21-,22?,25?,26?/m1/s1. The minimum absolute atomic E-state index is 0.0786. The number of nitrogens with two attached hydrogens (primary N) is 1. The Kier molecular flexibility index (Phi) is 12.7. The molecule has 0 aromatic carbocycles. The third-order valence-corrected chi connectivity index (χ3v) is 12.2. The average molecular weight is 744 g/mol. The van der Waals surface area contributed by atoms with Crippen molar-refractivity contribution in [2.24, 2.45) is 17.6 Å². The van der Waals surface area contributed by atoms with E-state index < -0.39 is 42.6 Å². The van der Waals surface area contributed by atoms with Gasteiger partial charge in [0.25, 0.3) is 0 Å². The fourth-order valence-corrected chi connectivity index (χ4v) is 9.40. The first-order valence-corrected chi connectivity index (χ1v) is 17.2. The lowest BCUT2D eigenvalue weighted by atomic mass is 9.70. The van der Waals surface area contributed by atoms with E-state index in [1.165, 1.54) is 0 Å². The zero-order valence-electron chi connectivity index (χ0n) is 24.8. The van der Waals surface area contributed by atoms with Crippen LogP contribution in [0.1, 0.15) is 33.1 Å². The normalized spacial score (nSPS) is 37.2. The largest absolute Gasteiger partial charge is 0.377 e. The van der Waals surface area contributed by atoms with E-state index in [2.05, 4.69) is 24.8 Å². The molecule has 13 N–H and O–H groups in total. The monoisotopic (exact) mass is 743 g/mol. The van der Waals surface area contributed by atoms with Crippen LogP contribution in [0.15, 0.2) is 0 Å². The average Bonchev–Trinajstić information content (AvgIpc) is 3.56. The van der Waals surface area contributed by atoms with E-state index in [1.807, 2.05) is 34.7 Å². The molecule has 0 spiro atoms. The summed E-state index contributed by atoms with van der Waals surface area (Å²) in [5, 5.41) is 71.1. The maximum Gasteiger partial charge on any atom is 0.239 e. The van der Waals surface area contributed by atoms with Gasteiger partial charge in [-0.1, -0.05) is 6.92 Å². The van der Waals surface area contributed by atoms with Gasteiger partial charge < -0.3 is 52.1 Å². The highest BCUT2D eigenvalue weighted by atomic mass is 127. The Bertz CT molecular complexity index is 940. The number of amides is 1. The molecule has 1 amide bonds. The Morgan fingerprint density at radius 3 is 2.56 bits per heavy atom. The van der Waals surface area contributed by atoms with E-state index in [4.69, 9.17) is 11.1 Å². The fraction of sp³-hybridized carbons (Fsp3) is 0.923. The first-order valence-electron chi connectivity index (χ1n) is 15.1. The summed E-state index contributed by atoms with van der Waals surface area (Å²) < 4.78 is 2.76. The molecule has 0 aliphatic carbocycles. The van der Waals surface area contributed by atoms with Crippen molar-refractivity contribution in [3.8, 4) is 0 Å². The molecule has 9 unspecified atom stereocenters. The zero-order valence-corrected chi connectivity index (χ0v) is 27.7. The predicted molar refractivity (Wildman–Crippen MR) is 172 cm³/mol. The second-order valence-electron chi connectivity index (χ2n) is 12.5. The SMILES string of the molecule is CC1C2N(C(C(O)O)[C@@H]1SC1CNC(C(=O)N3CCC(CNCC(O)NI)CC3)C1)C(O)C2(N)[C@@H](C)NC(O)CNC=N. The van der Waals surface area contributed by atoms with Gasteiger partial charge in [0, 0.05) is 71.6 Å². The Balaban J connectivity index is 1.31. The number of nitrogens with zero attached hydrogens (tertiary/aromatic N) is 2. The number of aliphatic hydroxyl groups excluding tert-OH is 4. The van der Waals surface area contributed by atoms with Crippen LogP contribution in [0.4, 0.5) is 0 Å². The maximum absolute atomic E-state index is 13.4. The van der Waals surface area contributed by atoms with Gasteiger partial charge in [-0.15, -0.1) is 0 Å². The van der Waals surface area contributed by atoms with Gasteiger partial charge in [0.15, 0.2) is 6.29 Å². The molecule has 0 bridgehead atoms. The molecular weight excluding hydrogens is 693 g/mol. The summed E-state index contributed by atoms with van der Waals surface area (Å²) >= 11 is 3.55. The number of halogens is 1. The summed E-state index contributed by atoms with van der Waals surface area (Å²) in [6.45, 7) is 7.22. The van der Waals surface area contributed by atoms with Crippen LogP contribution in [0.2, 0.25) is 0 Å².